The van der Waals surface area contributed by atoms with Crippen molar-refractivity contribution in [3.05, 3.63) is 46.0 Å². The van der Waals surface area contributed by atoms with Crippen molar-refractivity contribution >= 4 is 15.5 Å². The van der Waals surface area contributed by atoms with Gasteiger partial charge in [0.2, 0.25) is 9.84 Å². The molecule has 1 rings (SSSR count). The fourth-order valence-corrected chi connectivity index (χ4v) is 2.11. The molecule has 0 saturated heterocycles. The molecule has 6 nitrogen and oxygen atoms in total. The summed E-state index contributed by atoms with van der Waals surface area (Å²) in [5.41, 5.74) is -0.138. The molecule has 0 N–H and O–H groups in total. The number of nitro benzene ring substituents is 1. The summed E-state index contributed by atoms with van der Waals surface area (Å²) < 4.78 is 23.5. The lowest BCUT2D eigenvalue weighted by Gasteiger charge is -2.03. The second kappa shape index (κ2) is 4.96. The summed E-state index contributed by atoms with van der Waals surface area (Å²) in [6.07, 6.45) is 1.40. The van der Waals surface area contributed by atoms with Crippen molar-refractivity contribution in [3.8, 4) is 0 Å². The molecular formula is C10H12N2O4S. The average Bonchev–Trinajstić information content (AvgIpc) is 2.27. The maximum absolute atomic E-state index is 11.7. The Morgan fingerprint density at radius 1 is 1.24 bits per heavy atom. The number of rotatable bonds is 4. The van der Waals surface area contributed by atoms with Gasteiger partial charge in [-0.2, -0.15) is 0 Å². The topological polar surface area (TPSA) is 80.5 Å². The van der Waals surface area contributed by atoms with E-state index in [0.29, 0.717) is 0 Å². The lowest BCUT2D eigenvalue weighted by Crippen LogP contribution is -2.03. The lowest BCUT2D eigenvalue weighted by atomic mass is 10.3. The van der Waals surface area contributed by atoms with Crippen LogP contribution in [0.5, 0.6) is 0 Å². The third kappa shape index (κ3) is 3.56. The molecule has 0 aliphatic rings. The summed E-state index contributed by atoms with van der Waals surface area (Å²) in [5.74, 6) is 0. The van der Waals surface area contributed by atoms with Gasteiger partial charge in [0, 0.05) is 32.4 Å². The Kier molecular flexibility index (Phi) is 3.84. The SMILES string of the molecule is CN(C)/C=C/S(=O)(=O)c1ccc([N+](=O)[O-])cc1. The largest absolute Gasteiger partial charge is 0.383 e. The van der Waals surface area contributed by atoms with Crippen LogP contribution in [0, 0.1) is 10.1 Å². The van der Waals surface area contributed by atoms with Crippen LogP contribution in [0.1, 0.15) is 0 Å². The van der Waals surface area contributed by atoms with E-state index >= 15 is 0 Å². The Morgan fingerprint density at radius 2 is 1.76 bits per heavy atom. The normalized spacial score (nSPS) is 11.6. The van der Waals surface area contributed by atoms with Crippen LogP contribution in [0.25, 0.3) is 0 Å². The van der Waals surface area contributed by atoms with Crippen LogP contribution in [0.2, 0.25) is 0 Å². The van der Waals surface area contributed by atoms with Gasteiger partial charge in [0.15, 0.2) is 0 Å². The highest BCUT2D eigenvalue weighted by atomic mass is 32.2. The summed E-state index contributed by atoms with van der Waals surface area (Å²) in [5, 5.41) is 11.5. The standard InChI is InChI=1S/C10H12N2O4S/c1-11(2)7-8-17(15,16)10-5-3-9(4-6-10)12(13)14/h3-8H,1-2H3/b8-7+. The molecule has 0 fully saturated rings. The molecule has 0 unspecified atom stereocenters. The highest BCUT2D eigenvalue weighted by Gasteiger charge is 2.12. The Morgan fingerprint density at radius 3 is 2.18 bits per heavy atom. The zero-order valence-corrected chi connectivity index (χ0v) is 10.2. The van der Waals surface area contributed by atoms with Crippen molar-refractivity contribution < 1.29 is 13.3 Å². The quantitative estimate of drug-likeness (QED) is 0.601. The summed E-state index contributed by atoms with van der Waals surface area (Å²) in [7, 11) is -0.150. The number of sulfone groups is 1. The number of non-ortho nitro benzene ring substituents is 1. The van der Waals surface area contributed by atoms with Gasteiger partial charge >= 0.3 is 0 Å². The summed E-state index contributed by atoms with van der Waals surface area (Å²) in [6.45, 7) is 0. The van der Waals surface area contributed by atoms with Gasteiger partial charge in [0.1, 0.15) is 0 Å². The minimum Gasteiger partial charge on any atom is -0.383 e. The highest BCUT2D eigenvalue weighted by molar-refractivity contribution is 7.94. The minimum atomic E-state index is -3.54. The minimum absolute atomic E-state index is 0.0289. The average molecular weight is 256 g/mol. The fraction of sp³-hybridized carbons (Fsp3) is 0.200. The van der Waals surface area contributed by atoms with Crippen LogP contribution in [0.4, 0.5) is 5.69 Å². The zero-order valence-electron chi connectivity index (χ0n) is 9.40. The summed E-state index contributed by atoms with van der Waals surface area (Å²) in [6, 6.07) is 4.76. The predicted octanol–water partition coefficient (Wildman–Crippen LogP) is 1.40. The fourth-order valence-electron chi connectivity index (χ4n) is 1.04. The summed E-state index contributed by atoms with van der Waals surface area (Å²) >= 11 is 0. The van der Waals surface area contributed by atoms with Crippen LogP contribution in [-0.2, 0) is 9.84 Å². The first kappa shape index (κ1) is 13.2. The number of benzene rings is 1. The molecule has 0 aliphatic heterocycles. The Bertz CT molecular complexity index is 532. The lowest BCUT2D eigenvalue weighted by molar-refractivity contribution is -0.384. The smallest absolute Gasteiger partial charge is 0.269 e. The van der Waals surface area contributed by atoms with Gasteiger partial charge in [-0.05, 0) is 12.1 Å². The van der Waals surface area contributed by atoms with Crippen LogP contribution < -0.4 is 0 Å². The van der Waals surface area contributed by atoms with Crippen LogP contribution in [-0.4, -0.2) is 32.3 Å². The van der Waals surface area contributed by atoms with E-state index in [1.807, 2.05) is 0 Å². The Hall–Kier alpha value is -1.89. The van der Waals surface area contributed by atoms with Crippen LogP contribution in [0.15, 0.2) is 40.8 Å². The van der Waals surface area contributed by atoms with Crippen molar-refractivity contribution in [2.45, 2.75) is 4.90 Å². The molecule has 7 heteroatoms. The van der Waals surface area contributed by atoms with E-state index in [1.54, 1.807) is 19.0 Å². The van der Waals surface area contributed by atoms with Crippen molar-refractivity contribution in [2.75, 3.05) is 14.1 Å². The third-order valence-corrected chi connectivity index (χ3v) is 3.32. The molecule has 0 aromatic heterocycles. The molecule has 0 saturated carbocycles. The maximum Gasteiger partial charge on any atom is 0.269 e. The molecule has 0 radical (unpaired) electrons. The van der Waals surface area contributed by atoms with Crippen molar-refractivity contribution in [1.29, 1.82) is 0 Å². The molecule has 1 aromatic carbocycles. The monoisotopic (exact) mass is 256 g/mol. The number of hydrogen-bond donors (Lipinski definition) is 0. The van der Waals surface area contributed by atoms with E-state index in [0.717, 1.165) is 17.5 Å². The molecule has 1 aromatic rings. The van der Waals surface area contributed by atoms with Gasteiger partial charge in [-0.1, -0.05) is 0 Å². The molecule has 0 spiro atoms. The van der Waals surface area contributed by atoms with E-state index in [2.05, 4.69) is 0 Å². The van der Waals surface area contributed by atoms with Gasteiger partial charge in [-0.15, -0.1) is 0 Å². The maximum atomic E-state index is 11.7. The highest BCUT2D eigenvalue weighted by Crippen LogP contribution is 2.17. The first-order chi connectivity index (χ1) is 7.83. The molecule has 17 heavy (non-hydrogen) atoms. The Labute approximate surface area is 99.2 Å². The second-order valence-electron chi connectivity index (χ2n) is 3.54. The van der Waals surface area contributed by atoms with E-state index in [4.69, 9.17) is 0 Å². The predicted molar refractivity (Wildman–Crippen MR) is 63.1 cm³/mol. The van der Waals surface area contributed by atoms with Gasteiger partial charge in [0.25, 0.3) is 5.69 Å². The number of hydrogen-bond acceptors (Lipinski definition) is 5. The van der Waals surface area contributed by atoms with E-state index in [-0.39, 0.29) is 10.6 Å². The van der Waals surface area contributed by atoms with Crippen molar-refractivity contribution in [1.82, 2.24) is 4.90 Å². The Balaban J connectivity index is 3.05. The van der Waals surface area contributed by atoms with E-state index in [9.17, 15) is 18.5 Å². The molecule has 0 amide bonds. The van der Waals surface area contributed by atoms with Gasteiger partial charge in [0.05, 0.1) is 15.2 Å². The van der Waals surface area contributed by atoms with E-state index < -0.39 is 14.8 Å². The first-order valence-electron chi connectivity index (χ1n) is 4.67. The van der Waals surface area contributed by atoms with Crippen LogP contribution in [0.3, 0.4) is 0 Å². The number of nitro groups is 1. The van der Waals surface area contributed by atoms with Gasteiger partial charge in [-0.25, -0.2) is 8.42 Å². The van der Waals surface area contributed by atoms with Gasteiger partial charge < -0.3 is 4.90 Å². The molecule has 0 aliphatic carbocycles. The molecular weight excluding hydrogens is 244 g/mol. The third-order valence-electron chi connectivity index (χ3n) is 1.91. The van der Waals surface area contributed by atoms with E-state index in [1.165, 1.54) is 18.3 Å². The number of nitrogens with zero attached hydrogens (tertiary/aromatic N) is 2. The summed E-state index contributed by atoms with van der Waals surface area (Å²) in [4.78, 5) is 11.5. The molecule has 92 valence electrons. The van der Waals surface area contributed by atoms with Gasteiger partial charge in [-0.3, -0.25) is 10.1 Å². The van der Waals surface area contributed by atoms with Crippen molar-refractivity contribution in [3.63, 3.8) is 0 Å². The van der Waals surface area contributed by atoms with Crippen molar-refractivity contribution in [2.24, 2.45) is 0 Å². The molecule has 0 atom stereocenters. The second-order valence-corrected chi connectivity index (χ2v) is 5.38. The first-order valence-corrected chi connectivity index (χ1v) is 6.22. The molecule has 0 bridgehead atoms. The molecule has 0 heterocycles. The van der Waals surface area contributed by atoms with Crippen LogP contribution >= 0.6 is 0 Å². The zero-order chi connectivity index (χ0) is 13.1.